The van der Waals surface area contributed by atoms with Crippen LogP contribution in [0, 0.1) is 0 Å². The van der Waals surface area contributed by atoms with Crippen molar-refractivity contribution in [3.63, 3.8) is 0 Å². The van der Waals surface area contributed by atoms with Crippen molar-refractivity contribution < 1.29 is 4.74 Å². The summed E-state index contributed by atoms with van der Waals surface area (Å²) in [4.78, 5) is 1.17. The first-order valence-electron chi connectivity index (χ1n) is 3.33. The molecule has 0 aromatic heterocycles. The van der Waals surface area contributed by atoms with E-state index in [0.29, 0.717) is 5.88 Å². The highest BCUT2D eigenvalue weighted by atomic mass is 32.2. The highest BCUT2D eigenvalue weighted by Gasteiger charge is 1.91. The molecule has 0 heterocycles. The molecule has 0 atom stereocenters. The lowest BCUT2D eigenvalue weighted by Gasteiger charge is -2.00. The zero-order valence-electron chi connectivity index (χ0n) is 6.41. The van der Waals surface area contributed by atoms with E-state index in [0.717, 1.165) is 5.75 Å². The van der Waals surface area contributed by atoms with Gasteiger partial charge in [-0.15, -0.1) is 11.8 Å². The molecule has 3 heteroatoms. The van der Waals surface area contributed by atoms with Crippen molar-refractivity contribution in [2.75, 3.05) is 13.0 Å². The Kier molecular flexibility index (Phi) is 3.26. The molecule has 11 heavy (non-hydrogen) atoms. The third kappa shape index (κ3) is 2.44. The number of benzene rings is 1. The molecule has 60 valence electrons. The van der Waals surface area contributed by atoms with Crippen LogP contribution in [0.1, 0.15) is 0 Å². The van der Waals surface area contributed by atoms with Gasteiger partial charge in [0.1, 0.15) is 5.75 Å². The summed E-state index contributed by atoms with van der Waals surface area (Å²) in [5.74, 6) is 1.50. The van der Waals surface area contributed by atoms with Crippen molar-refractivity contribution in [1.29, 1.82) is 0 Å². The molecule has 0 unspecified atom stereocenters. The van der Waals surface area contributed by atoms with Crippen molar-refractivity contribution in [3.05, 3.63) is 24.3 Å². The Morgan fingerprint density at radius 1 is 1.36 bits per heavy atom. The van der Waals surface area contributed by atoms with E-state index in [2.05, 4.69) is 0 Å². The summed E-state index contributed by atoms with van der Waals surface area (Å²) in [6, 6.07) is 7.85. The molecule has 0 bridgehead atoms. The smallest absolute Gasteiger partial charge is 0.118 e. The van der Waals surface area contributed by atoms with Gasteiger partial charge in [0.25, 0.3) is 0 Å². The van der Waals surface area contributed by atoms with Gasteiger partial charge in [-0.1, -0.05) is 0 Å². The molecule has 0 saturated heterocycles. The molecular weight excluding hydrogens is 158 g/mol. The van der Waals surface area contributed by atoms with Crippen LogP contribution in [0.3, 0.4) is 0 Å². The number of ether oxygens (including phenoxy) is 1. The van der Waals surface area contributed by atoms with Crippen LogP contribution in [0.15, 0.2) is 29.2 Å². The monoisotopic (exact) mass is 169 g/mol. The van der Waals surface area contributed by atoms with Crippen LogP contribution < -0.4 is 10.5 Å². The van der Waals surface area contributed by atoms with Crippen molar-refractivity contribution in [2.24, 2.45) is 5.73 Å². The zero-order valence-corrected chi connectivity index (χ0v) is 7.23. The topological polar surface area (TPSA) is 35.2 Å². The van der Waals surface area contributed by atoms with Gasteiger partial charge in [0, 0.05) is 10.8 Å². The van der Waals surface area contributed by atoms with Gasteiger partial charge in [0.15, 0.2) is 0 Å². The number of hydrogen-bond donors (Lipinski definition) is 1. The molecule has 0 aliphatic carbocycles. The molecule has 0 aliphatic heterocycles. The van der Waals surface area contributed by atoms with Crippen molar-refractivity contribution in [1.82, 2.24) is 0 Å². The van der Waals surface area contributed by atoms with E-state index < -0.39 is 0 Å². The summed E-state index contributed by atoms with van der Waals surface area (Å²) in [6.45, 7) is 0. The third-order valence-corrected chi connectivity index (χ3v) is 2.08. The Labute approximate surface area is 70.7 Å². The quantitative estimate of drug-likeness (QED) is 0.552. The van der Waals surface area contributed by atoms with E-state index in [1.807, 2.05) is 24.3 Å². The second-order valence-corrected chi connectivity index (χ2v) is 3.08. The summed E-state index contributed by atoms with van der Waals surface area (Å²) in [5, 5.41) is 0. The number of rotatable bonds is 3. The fourth-order valence-electron chi connectivity index (χ4n) is 0.768. The van der Waals surface area contributed by atoms with E-state index in [-0.39, 0.29) is 0 Å². The highest BCUT2D eigenvalue weighted by Crippen LogP contribution is 2.19. The Morgan fingerprint density at radius 3 is 2.45 bits per heavy atom. The van der Waals surface area contributed by atoms with Gasteiger partial charge in [0.2, 0.25) is 0 Å². The van der Waals surface area contributed by atoms with E-state index in [9.17, 15) is 0 Å². The number of hydrogen-bond acceptors (Lipinski definition) is 3. The maximum atomic E-state index is 5.36. The summed E-state index contributed by atoms with van der Waals surface area (Å²) in [7, 11) is 1.66. The van der Waals surface area contributed by atoms with Crippen LogP contribution in [-0.4, -0.2) is 13.0 Å². The Morgan fingerprint density at radius 2 is 2.00 bits per heavy atom. The summed E-state index contributed by atoms with van der Waals surface area (Å²) >= 11 is 1.62. The van der Waals surface area contributed by atoms with Crippen molar-refractivity contribution >= 4 is 11.8 Å². The standard InChI is InChI=1S/C8H11NOS/c1-10-7-2-4-8(5-3-7)11-6-9/h2-5H,6,9H2,1H3. The van der Waals surface area contributed by atoms with E-state index in [1.165, 1.54) is 4.90 Å². The van der Waals surface area contributed by atoms with Crippen LogP contribution in [0.5, 0.6) is 5.75 Å². The van der Waals surface area contributed by atoms with Gasteiger partial charge < -0.3 is 10.5 Å². The van der Waals surface area contributed by atoms with Gasteiger partial charge >= 0.3 is 0 Å². The van der Waals surface area contributed by atoms with Crippen LogP contribution >= 0.6 is 11.8 Å². The molecule has 0 fully saturated rings. The van der Waals surface area contributed by atoms with Gasteiger partial charge in [-0.25, -0.2) is 0 Å². The molecule has 0 amide bonds. The minimum absolute atomic E-state index is 0.617. The zero-order chi connectivity index (χ0) is 8.10. The van der Waals surface area contributed by atoms with E-state index in [1.54, 1.807) is 18.9 Å². The minimum Gasteiger partial charge on any atom is -0.497 e. The maximum Gasteiger partial charge on any atom is 0.118 e. The molecular formula is C8H11NOS. The second kappa shape index (κ2) is 4.26. The van der Waals surface area contributed by atoms with E-state index >= 15 is 0 Å². The van der Waals surface area contributed by atoms with Crippen LogP contribution in [0.25, 0.3) is 0 Å². The predicted molar refractivity (Wildman–Crippen MR) is 47.9 cm³/mol. The molecule has 0 spiro atoms. The molecule has 1 aromatic carbocycles. The van der Waals surface area contributed by atoms with Gasteiger partial charge in [-0.05, 0) is 24.3 Å². The summed E-state index contributed by atoms with van der Waals surface area (Å²) in [6.07, 6.45) is 0. The minimum atomic E-state index is 0.617. The average Bonchev–Trinajstić information content (AvgIpc) is 2.07. The highest BCUT2D eigenvalue weighted by molar-refractivity contribution is 7.99. The molecule has 2 nitrogen and oxygen atoms in total. The third-order valence-electron chi connectivity index (χ3n) is 1.31. The lowest BCUT2D eigenvalue weighted by atomic mass is 10.3. The molecule has 0 aliphatic rings. The molecule has 0 radical (unpaired) electrons. The summed E-state index contributed by atoms with van der Waals surface area (Å²) < 4.78 is 5.01. The van der Waals surface area contributed by atoms with Gasteiger partial charge in [0.05, 0.1) is 7.11 Å². The second-order valence-electron chi connectivity index (χ2n) is 1.99. The lowest BCUT2D eigenvalue weighted by molar-refractivity contribution is 0.414. The average molecular weight is 169 g/mol. The van der Waals surface area contributed by atoms with Gasteiger partial charge in [-0.2, -0.15) is 0 Å². The number of methoxy groups -OCH3 is 1. The first-order chi connectivity index (χ1) is 5.36. The first kappa shape index (κ1) is 8.43. The SMILES string of the molecule is COc1ccc(SCN)cc1. The van der Waals surface area contributed by atoms with Crippen LogP contribution in [-0.2, 0) is 0 Å². The lowest BCUT2D eigenvalue weighted by Crippen LogP contribution is -1.91. The molecule has 2 N–H and O–H groups in total. The van der Waals surface area contributed by atoms with Crippen LogP contribution in [0.4, 0.5) is 0 Å². The fourth-order valence-corrected chi connectivity index (χ4v) is 1.29. The maximum absolute atomic E-state index is 5.36. The Balaban J connectivity index is 2.66. The molecule has 1 aromatic rings. The van der Waals surface area contributed by atoms with Crippen molar-refractivity contribution in [3.8, 4) is 5.75 Å². The molecule has 0 saturated carbocycles. The summed E-state index contributed by atoms with van der Waals surface area (Å²) in [5.41, 5.74) is 5.36. The van der Waals surface area contributed by atoms with Gasteiger partial charge in [-0.3, -0.25) is 0 Å². The first-order valence-corrected chi connectivity index (χ1v) is 4.32. The van der Waals surface area contributed by atoms with E-state index in [4.69, 9.17) is 10.5 Å². The number of thioether (sulfide) groups is 1. The predicted octanol–water partition coefficient (Wildman–Crippen LogP) is 1.70. The van der Waals surface area contributed by atoms with Crippen LogP contribution in [0.2, 0.25) is 0 Å². The fraction of sp³-hybridized carbons (Fsp3) is 0.250. The van der Waals surface area contributed by atoms with Crippen molar-refractivity contribution in [2.45, 2.75) is 4.90 Å². The molecule has 1 rings (SSSR count). The number of nitrogens with two attached hydrogens (primary N) is 1. The Bertz CT molecular complexity index is 210. The Hall–Kier alpha value is -0.670. The normalized spacial score (nSPS) is 9.64. The largest absolute Gasteiger partial charge is 0.497 e.